The third-order valence-corrected chi connectivity index (χ3v) is 2.92. The smallest absolute Gasteiger partial charge is 0.0696 e. The molecule has 3 aromatic rings. The van der Waals surface area contributed by atoms with Crippen LogP contribution in [0.5, 0.6) is 0 Å². The third-order valence-electron chi connectivity index (χ3n) is 2.34. The molecule has 1 aromatic carbocycles. The van der Waals surface area contributed by atoms with E-state index < -0.39 is 0 Å². The van der Waals surface area contributed by atoms with E-state index in [2.05, 4.69) is 14.8 Å². The highest BCUT2D eigenvalue weighted by Gasteiger charge is 1.99. The van der Waals surface area contributed by atoms with Crippen molar-refractivity contribution < 1.29 is 0 Å². The van der Waals surface area contributed by atoms with Gasteiger partial charge in [0.15, 0.2) is 0 Å². The van der Waals surface area contributed by atoms with Gasteiger partial charge in [-0.2, -0.15) is 9.47 Å². The number of benzene rings is 1. The largest absolute Gasteiger partial charge is 0.353 e. The lowest BCUT2D eigenvalue weighted by Crippen LogP contribution is -1.95. The summed E-state index contributed by atoms with van der Waals surface area (Å²) in [5, 5.41) is 9.47. The SMILES string of the molecule is c1cc(Nc2cnsc2)cc(-n2cccn2)c1. The average molecular weight is 242 g/mol. The van der Waals surface area contributed by atoms with Crippen LogP contribution >= 0.6 is 11.5 Å². The van der Waals surface area contributed by atoms with Crippen molar-refractivity contribution in [3.8, 4) is 5.69 Å². The topological polar surface area (TPSA) is 42.7 Å². The molecule has 0 saturated heterocycles. The van der Waals surface area contributed by atoms with Gasteiger partial charge < -0.3 is 5.32 Å². The summed E-state index contributed by atoms with van der Waals surface area (Å²) in [5.41, 5.74) is 3.06. The van der Waals surface area contributed by atoms with Crippen LogP contribution in [0.1, 0.15) is 0 Å². The first kappa shape index (κ1) is 10.0. The van der Waals surface area contributed by atoms with E-state index in [1.54, 1.807) is 6.20 Å². The van der Waals surface area contributed by atoms with E-state index in [1.165, 1.54) is 11.5 Å². The lowest BCUT2D eigenvalue weighted by atomic mass is 10.2. The second-order valence-corrected chi connectivity index (χ2v) is 4.20. The fraction of sp³-hybridized carbons (Fsp3) is 0. The molecule has 0 aliphatic carbocycles. The summed E-state index contributed by atoms with van der Waals surface area (Å²) in [6.07, 6.45) is 5.50. The highest BCUT2D eigenvalue weighted by Crippen LogP contribution is 2.19. The molecule has 0 amide bonds. The number of rotatable bonds is 3. The standard InChI is InChI=1S/C12H10N4S/c1-3-10(15-11-8-14-17-9-11)7-12(4-1)16-6-2-5-13-16/h1-9,15H. The Bertz CT molecular complexity index is 587. The maximum Gasteiger partial charge on any atom is 0.0696 e. The Hall–Kier alpha value is -2.14. The first-order valence-corrected chi connectivity index (χ1v) is 6.02. The summed E-state index contributed by atoms with van der Waals surface area (Å²) in [5.74, 6) is 0. The molecule has 3 rings (SSSR count). The van der Waals surface area contributed by atoms with Gasteiger partial charge >= 0.3 is 0 Å². The van der Waals surface area contributed by atoms with Gasteiger partial charge in [-0.15, -0.1) is 0 Å². The molecule has 17 heavy (non-hydrogen) atoms. The Labute approximate surface area is 103 Å². The average Bonchev–Trinajstić information content (AvgIpc) is 3.01. The maximum atomic E-state index is 4.20. The van der Waals surface area contributed by atoms with Crippen molar-refractivity contribution in [1.82, 2.24) is 14.2 Å². The Morgan fingerprint density at radius 3 is 2.94 bits per heavy atom. The zero-order chi connectivity index (χ0) is 11.5. The first-order valence-electron chi connectivity index (χ1n) is 5.18. The van der Waals surface area contributed by atoms with Gasteiger partial charge in [0.2, 0.25) is 0 Å². The molecule has 4 nitrogen and oxygen atoms in total. The lowest BCUT2D eigenvalue weighted by Gasteiger charge is -2.06. The van der Waals surface area contributed by atoms with E-state index in [9.17, 15) is 0 Å². The number of nitrogens with one attached hydrogen (secondary N) is 1. The second kappa shape index (κ2) is 4.39. The van der Waals surface area contributed by atoms with Gasteiger partial charge in [-0.25, -0.2) is 4.68 Å². The number of anilines is 2. The van der Waals surface area contributed by atoms with Gasteiger partial charge in [0.05, 0.1) is 17.6 Å². The van der Waals surface area contributed by atoms with E-state index in [-0.39, 0.29) is 0 Å². The molecule has 0 spiro atoms. The molecule has 5 heteroatoms. The fourth-order valence-electron chi connectivity index (χ4n) is 1.58. The van der Waals surface area contributed by atoms with Gasteiger partial charge in [0, 0.05) is 23.5 Å². The van der Waals surface area contributed by atoms with Crippen molar-refractivity contribution in [3.05, 3.63) is 54.3 Å². The Morgan fingerprint density at radius 2 is 2.18 bits per heavy atom. The van der Waals surface area contributed by atoms with Crippen LogP contribution in [0.3, 0.4) is 0 Å². The van der Waals surface area contributed by atoms with Gasteiger partial charge in [-0.1, -0.05) is 6.07 Å². The number of hydrogen-bond donors (Lipinski definition) is 1. The summed E-state index contributed by atoms with van der Waals surface area (Å²) in [6.45, 7) is 0. The van der Waals surface area contributed by atoms with Crippen molar-refractivity contribution in [1.29, 1.82) is 0 Å². The van der Waals surface area contributed by atoms with Crippen LogP contribution in [0.2, 0.25) is 0 Å². The molecule has 0 radical (unpaired) electrons. The van der Waals surface area contributed by atoms with Crippen molar-refractivity contribution in [2.24, 2.45) is 0 Å². The Balaban J connectivity index is 1.89. The molecule has 0 unspecified atom stereocenters. The summed E-state index contributed by atoms with van der Waals surface area (Å²) in [7, 11) is 0. The van der Waals surface area contributed by atoms with Gasteiger partial charge in [0.25, 0.3) is 0 Å². The molecule has 0 aliphatic rings. The van der Waals surface area contributed by atoms with E-state index in [1.807, 2.05) is 52.8 Å². The molecule has 0 aliphatic heterocycles. The normalized spacial score (nSPS) is 10.4. The second-order valence-electron chi connectivity index (χ2n) is 3.54. The summed E-state index contributed by atoms with van der Waals surface area (Å²) < 4.78 is 5.88. The van der Waals surface area contributed by atoms with Crippen LogP contribution in [0.15, 0.2) is 54.3 Å². The minimum atomic E-state index is 1.01. The zero-order valence-corrected chi connectivity index (χ0v) is 9.76. The van der Waals surface area contributed by atoms with Crippen LogP contribution in [0.25, 0.3) is 5.69 Å². The summed E-state index contributed by atoms with van der Waals surface area (Å²) in [4.78, 5) is 0. The van der Waals surface area contributed by atoms with Crippen LogP contribution in [0, 0.1) is 0 Å². The molecular weight excluding hydrogens is 232 g/mol. The minimum absolute atomic E-state index is 1.01. The van der Waals surface area contributed by atoms with E-state index in [0.29, 0.717) is 0 Å². The van der Waals surface area contributed by atoms with Crippen LogP contribution in [0.4, 0.5) is 11.4 Å². The first-order chi connectivity index (χ1) is 8.42. The number of aromatic nitrogens is 3. The molecule has 1 N–H and O–H groups in total. The number of hydrogen-bond acceptors (Lipinski definition) is 4. The summed E-state index contributed by atoms with van der Waals surface area (Å²) >= 11 is 1.43. The third kappa shape index (κ3) is 2.19. The van der Waals surface area contributed by atoms with E-state index >= 15 is 0 Å². The van der Waals surface area contributed by atoms with E-state index in [4.69, 9.17) is 0 Å². The molecule has 2 aromatic heterocycles. The van der Waals surface area contributed by atoms with Crippen LogP contribution in [-0.4, -0.2) is 14.2 Å². The van der Waals surface area contributed by atoms with E-state index in [0.717, 1.165) is 17.1 Å². The van der Waals surface area contributed by atoms with Gasteiger partial charge in [-0.3, -0.25) is 0 Å². The maximum absolute atomic E-state index is 4.20. The van der Waals surface area contributed by atoms with Crippen molar-refractivity contribution >= 4 is 22.9 Å². The number of nitrogens with zero attached hydrogens (tertiary/aromatic N) is 3. The fourth-order valence-corrected chi connectivity index (χ4v) is 2.05. The molecule has 0 fully saturated rings. The quantitative estimate of drug-likeness (QED) is 0.767. The Morgan fingerprint density at radius 1 is 1.18 bits per heavy atom. The van der Waals surface area contributed by atoms with Crippen molar-refractivity contribution in [3.63, 3.8) is 0 Å². The molecule has 84 valence electrons. The lowest BCUT2D eigenvalue weighted by molar-refractivity contribution is 0.881. The van der Waals surface area contributed by atoms with Crippen LogP contribution < -0.4 is 5.32 Å². The molecule has 0 bridgehead atoms. The molecule has 0 saturated carbocycles. The minimum Gasteiger partial charge on any atom is -0.353 e. The van der Waals surface area contributed by atoms with Crippen molar-refractivity contribution in [2.75, 3.05) is 5.32 Å². The monoisotopic (exact) mass is 242 g/mol. The predicted molar refractivity (Wildman–Crippen MR) is 69.0 cm³/mol. The van der Waals surface area contributed by atoms with Gasteiger partial charge in [-0.05, 0) is 35.8 Å². The zero-order valence-electron chi connectivity index (χ0n) is 8.95. The van der Waals surface area contributed by atoms with Crippen LogP contribution in [-0.2, 0) is 0 Å². The Kier molecular flexibility index (Phi) is 2.59. The molecule has 2 heterocycles. The van der Waals surface area contributed by atoms with Gasteiger partial charge in [0.1, 0.15) is 0 Å². The predicted octanol–water partition coefficient (Wildman–Crippen LogP) is 3.07. The highest BCUT2D eigenvalue weighted by molar-refractivity contribution is 7.04. The molecule has 0 atom stereocenters. The highest BCUT2D eigenvalue weighted by atomic mass is 32.1. The van der Waals surface area contributed by atoms with Crippen molar-refractivity contribution in [2.45, 2.75) is 0 Å². The summed E-state index contributed by atoms with van der Waals surface area (Å²) in [6, 6.07) is 9.99. The molecular formula is C12H10N4S.